The molecule has 0 saturated carbocycles. The van der Waals surface area contributed by atoms with Crippen molar-refractivity contribution in [3.05, 3.63) is 53.3 Å². The molecule has 2 rings (SSSR count). The van der Waals surface area contributed by atoms with Gasteiger partial charge >= 0.3 is 5.97 Å². The minimum absolute atomic E-state index is 0.162. The summed E-state index contributed by atoms with van der Waals surface area (Å²) < 4.78 is 0. The molecule has 110 valence electrons. The third kappa shape index (κ3) is 3.59. The normalized spacial score (nSPS) is 13.7. The second-order valence-corrected chi connectivity index (χ2v) is 5.81. The Morgan fingerprint density at radius 3 is 2.33 bits per heavy atom. The van der Waals surface area contributed by atoms with E-state index in [0.717, 1.165) is 11.4 Å². The number of aliphatic carboxylic acids is 1. The number of nitrogens with two attached hydrogens (primary N) is 1. The van der Waals surface area contributed by atoms with Crippen LogP contribution in [0, 0.1) is 13.8 Å². The van der Waals surface area contributed by atoms with E-state index in [0.29, 0.717) is 10.7 Å². The van der Waals surface area contributed by atoms with E-state index in [1.807, 2.05) is 26.0 Å². The number of carboxylic acid groups (broad SMARTS) is 1. The SMILES string of the molecule is Cc1cc(C)nc(SCC(N)(C(=O)O)c2ccccc2)n1. The van der Waals surface area contributed by atoms with Crippen molar-refractivity contribution in [2.45, 2.75) is 24.5 Å². The first-order valence-corrected chi connectivity index (χ1v) is 7.43. The van der Waals surface area contributed by atoms with Gasteiger partial charge in [-0.15, -0.1) is 0 Å². The van der Waals surface area contributed by atoms with E-state index in [2.05, 4.69) is 9.97 Å². The summed E-state index contributed by atoms with van der Waals surface area (Å²) in [5.74, 6) is -0.902. The Morgan fingerprint density at radius 1 is 1.24 bits per heavy atom. The van der Waals surface area contributed by atoms with Gasteiger partial charge in [0.05, 0.1) is 0 Å². The molecule has 6 heteroatoms. The van der Waals surface area contributed by atoms with E-state index in [4.69, 9.17) is 5.73 Å². The van der Waals surface area contributed by atoms with Crippen LogP contribution in [0.1, 0.15) is 17.0 Å². The van der Waals surface area contributed by atoms with E-state index in [1.54, 1.807) is 24.3 Å². The van der Waals surface area contributed by atoms with Crippen LogP contribution in [0.5, 0.6) is 0 Å². The van der Waals surface area contributed by atoms with Gasteiger partial charge in [-0.3, -0.25) is 0 Å². The highest BCUT2D eigenvalue weighted by molar-refractivity contribution is 7.99. The molecule has 0 spiro atoms. The lowest BCUT2D eigenvalue weighted by Gasteiger charge is -2.24. The number of hydrogen-bond donors (Lipinski definition) is 2. The number of thioether (sulfide) groups is 1. The van der Waals surface area contributed by atoms with Crippen molar-refractivity contribution in [1.29, 1.82) is 0 Å². The first-order chi connectivity index (χ1) is 9.91. The first-order valence-electron chi connectivity index (χ1n) is 6.45. The highest BCUT2D eigenvalue weighted by Crippen LogP contribution is 2.26. The van der Waals surface area contributed by atoms with Crippen LogP contribution >= 0.6 is 11.8 Å². The summed E-state index contributed by atoms with van der Waals surface area (Å²) in [6, 6.07) is 10.7. The smallest absolute Gasteiger partial charge is 0.329 e. The number of nitrogens with zero attached hydrogens (tertiary/aromatic N) is 2. The van der Waals surface area contributed by atoms with Gasteiger partial charge in [0, 0.05) is 17.1 Å². The van der Waals surface area contributed by atoms with Crippen LogP contribution in [0.15, 0.2) is 41.6 Å². The molecule has 1 aromatic carbocycles. The molecule has 0 fully saturated rings. The van der Waals surface area contributed by atoms with Crippen molar-refractivity contribution in [1.82, 2.24) is 9.97 Å². The Balaban J connectivity index is 2.23. The van der Waals surface area contributed by atoms with Crippen LogP contribution in [0.4, 0.5) is 0 Å². The molecule has 1 heterocycles. The van der Waals surface area contributed by atoms with Crippen molar-refractivity contribution < 1.29 is 9.90 Å². The number of carbonyl (C=O) groups is 1. The van der Waals surface area contributed by atoms with Crippen LogP contribution in [0.3, 0.4) is 0 Å². The van der Waals surface area contributed by atoms with E-state index in [-0.39, 0.29) is 5.75 Å². The van der Waals surface area contributed by atoms with E-state index < -0.39 is 11.5 Å². The van der Waals surface area contributed by atoms with Gasteiger partial charge in [-0.2, -0.15) is 0 Å². The summed E-state index contributed by atoms with van der Waals surface area (Å²) >= 11 is 1.25. The molecule has 1 unspecified atom stereocenters. The van der Waals surface area contributed by atoms with Crippen LogP contribution in [0.25, 0.3) is 0 Å². The highest BCUT2D eigenvalue weighted by Gasteiger charge is 2.36. The molecule has 2 aromatic rings. The van der Waals surface area contributed by atoms with Crippen molar-refractivity contribution in [2.75, 3.05) is 5.75 Å². The topological polar surface area (TPSA) is 89.1 Å². The van der Waals surface area contributed by atoms with Gasteiger partial charge < -0.3 is 10.8 Å². The van der Waals surface area contributed by atoms with Gasteiger partial charge in [0.1, 0.15) is 5.54 Å². The lowest BCUT2D eigenvalue weighted by molar-refractivity contribution is -0.142. The number of benzene rings is 1. The Kier molecular flexibility index (Phi) is 4.59. The molecule has 0 aliphatic heterocycles. The summed E-state index contributed by atoms with van der Waals surface area (Å²) in [4.78, 5) is 20.2. The van der Waals surface area contributed by atoms with Gasteiger partial charge in [-0.1, -0.05) is 42.1 Å². The Hall–Kier alpha value is -1.92. The van der Waals surface area contributed by atoms with Crippen LogP contribution < -0.4 is 5.73 Å². The average molecular weight is 303 g/mol. The van der Waals surface area contributed by atoms with Gasteiger partial charge in [0.25, 0.3) is 0 Å². The number of aryl methyl sites for hydroxylation is 2. The van der Waals surface area contributed by atoms with Gasteiger partial charge in [0.2, 0.25) is 0 Å². The molecule has 0 radical (unpaired) electrons. The molecular formula is C15H17N3O2S. The number of hydrogen-bond acceptors (Lipinski definition) is 5. The summed E-state index contributed by atoms with van der Waals surface area (Å²) in [5.41, 5.74) is 6.91. The maximum Gasteiger partial charge on any atom is 0.329 e. The molecule has 0 aliphatic carbocycles. The Labute approximate surface area is 127 Å². The molecule has 0 aliphatic rings. The monoisotopic (exact) mass is 303 g/mol. The highest BCUT2D eigenvalue weighted by atomic mass is 32.2. The lowest BCUT2D eigenvalue weighted by atomic mass is 9.93. The summed E-state index contributed by atoms with van der Waals surface area (Å²) in [5, 5.41) is 10.0. The third-order valence-electron chi connectivity index (χ3n) is 3.06. The maximum atomic E-state index is 11.6. The van der Waals surface area contributed by atoms with Crippen LogP contribution in [-0.4, -0.2) is 26.8 Å². The zero-order valence-electron chi connectivity index (χ0n) is 11.9. The minimum atomic E-state index is -1.47. The number of rotatable bonds is 5. The fourth-order valence-electron chi connectivity index (χ4n) is 1.94. The van der Waals surface area contributed by atoms with Crippen molar-refractivity contribution >= 4 is 17.7 Å². The zero-order valence-corrected chi connectivity index (χ0v) is 12.7. The number of carboxylic acids is 1. The third-order valence-corrected chi connectivity index (χ3v) is 4.10. The maximum absolute atomic E-state index is 11.6. The largest absolute Gasteiger partial charge is 0.480 e. The molecule has 21 heavy (non-hydrogen) atoms. The minimum Gasteiger partial charge on any atom is -0.480 e. The second kappa shape index (κ2) is 6.24. The molecule has 0 bridgehead atoms. The predicted molar refractivity (Wildman–Crippen MR) is 82.2 cm³/mol. The molecule has 1 aromatic heterocycles. The summed E-state index contributed by atoms with van der Waals surface area (Å²) in [7, 11) is 0. The van der Waals surface area contributed by atoms with Gasteiger partial charge in [0.15, 0.2) is 5.16 Å². The number of aromatic nitrogens is 2. The standard InChI is InChI=1S/C15H17N3O2S/c1-10-8-11(2)18-14(17-10)21-9-15(16,13(19)20)12-6-4-3-5-7-12/h3-8H,9,16H2,1-2H3,(H,19,20). The molecule has 0 saturated heterocycles. The Morgan fingerprint density at radius 2 is 1.81 bits per heavy atom. The van der Waals surface area contributed by atoms with E-state index in [1.165, 1.54) is 11.8 Å². The average Bonchev–Trinajstić information content (AvgIpc) is 2.44. The van der Waals surface area contributed by atoms with E-state index >= 15 is 0 Å². The van der Waals surface area contributed by atoms with E-state index in [9.17, 15) is 9.90 Å². The molecule has 5 nitrogen and oxygen atoms in total. The zero-order chi connectivity index (χ0) is 15.5. The second-order valence-electron chi connectivity index (χ2n) is 4.86. The lowest BCUT2D eigenvalue weighted by Crippen LogP contribution is -2.47. The van der Waals surface area contributed by atoms with Gasteiger partial charge in [-0.05, 0) is 25.5 Å². The molecule has 3 N–H and O–H groups in total. The fourth-order valence-corrected chi connectivity index (χ4v) is 3.00. The van der Waals surface area contributed by atoms with Crippen molar-refractivity contribution in [2.24, 2.45) is 5.73 Å². The first kappa shape index (κ1) is 15.5. The predicted octanol–water partition coefficient (Wildman–Crippen LogP) is 2.12. The van der Waals surface area contributed by atoms with Crippen molar-refractivity contribution in [3.63, 3.8) is 0 Å². The quantitative estimate of drug-likeness (QED) is 0.649. The van der Waals surface area contributed by atoms with Crippen molar-refractivity contribution in [3.8, 4) is 0 Å². The molecular weight excluding hydrogens is 286 g/mol. The van der Waals surface area contributed by atoms with Gasteiger partial charge in [-0.25, -0.2) is 14.8 Å². The molecule has 1 atom stereocenters. The van der Waals surface area contributed by atoms with Crippen LogP contribution in [-0.2, 0) is 10.3 Å². The summed E-state index contributed by atoms with van der Waals surface area (Å²) in [6.07, 6.45) is 0. The fraction of sp³-hybridized carbons (Fsp3) is 0.267. The summed E-state index contributed by atoms with van der Waals surface area (Å²) in [6.45, 7) is 3.76. The molecule has 0 amide bonds. The van der Waals surface area contributed by atoms with Crippen LogP contribution in [0.2, 0.25) is 0 Å². The Bertz CT molecular complexity index is 628.